The number of alkyl halides is 6. The molecule has 406 valence electrons. The number of rotatable bonds is 21. The van der Waals surface area contributed by atoms with Crippen molar-refractivity contribution in [2.45, 2.75) is 81.9 Å². The summed E-state index contributed by atoms with van der Waals surface area (Å²) in [5.74, 6) is -6.97. The van der Waals surface area contributed by atoms with E-state index in [2.05, 4.69) is 32.7 Å². The number of amides is 2. The van der Waals surface area contributed by atoms with Crippen molar-refractivity contribution in [3.63, 3.8) is 0 Å². The number of hydrogen-bond donors (Lipinski definition) is 7. The first kappa shape index (κ1) is 63.5. The quantitative estimate of drug-likeness (QED) is 0.0296. The highest BCUT2D eigenvalue weighted by Gasteiger charge is 2.39. The molecule has 4 aromatic rings. The van der Waals surface area contributed by atoms with E-state index < -0.39 is 66.2 Å². The number of anilines is 1. The van der Waals surface area contributed by atoms with Crippen molar-refractivity contribution in [1.29, 1.82) is 10.5 Å². The molecule has 2 heterocycles. The Kier molecular flexibility index (Phi) is 25.3. The number of benzene rings is 2. The van der Waals surface area contributed by atoms with Crippen molar-refractivity contribution in [3.8, 4) is 40.5 Å². The van der Waals surface area contributed by atoms with Crippen LogP contribution in [0, 0.1) is 34.5 Å². The summed E-state index contributed by atoms with van der Waals surface area (Å²) >= 11 is 7.20. The number of nitrogens with zero attached hydrogens (tertiary/aromatic N) is 4. The fraction of sp³-hybridized carbons (Fsp3) is 0.391. The molecule has 0 radical (unpaired) electrons. The third kappa shape index (κ3) is 21.8. The van der Waals surface area contributed by atoms with Crippen molar-refractivity contribution in [2.24, 2.45) is 23.3 Å². The van der Waals surface area contributed by atoms with E-state index in [0.717, 1.165) is 5.56 Å². The number of halogens is 7. The molecule has 0 aliphatic heterocycles. The number of nitrogen functional groups attached to an aromatic ring is 1. The van der Waals surface area contributed by atoms with Gasteiger partial charge in [0.05, 0.1) is 36.2 Å². The number of carbonyl (C=O) groups is 6. The second kappa shape index (κ2) is 29.9. The highest BCUT2D eigenvalue weighted by atomic mass is 35.5. The Bertz CT molecular complexity index is 2660. The molecular weight excluding hydrogens is 1050 g/mol. The van der Waals surface area contributed by atoms with E-state index in [-0.39, 0.29) is 84.3 Å². The van der Waals surface area contributed by atoms with Crippen molar-refractivity contribution >= 4 is 64.9 Å². The molecule has 2 aromatic carbocycles. The number of carboxylic acid groups (broad SMARTS) is 2. The molecule has 0 bridgehead atoms. The Morgan fingerprint density at radius 1 is 0.760 bits per heavy atom. The Morgan fingerprint density at radius 2 is 1.24 bits per heavy atom. The number of pyridine rings is 1. The number of aliphatic carboxylic acids is 2. The number of nitrogens with two attached hydrogens (primary N) is 3. The molecule has 29 heteroatoms. The van der Waals surface area contributed by atoms with Crippen LogP contribution in [0.1, 0.15) is 57.4 Å². The zero-order valence-corrected chi connectivity index (χ0v) is 41.7. The van der Waals surface area contributed by atoms with Crippen LogP contribution in [-0.2, 0) is 44.0 Å². The molecule has 0 saturated carbocycles. The molecule has 2 aromatic heterocycles. The van der Waals surface area contributed by atoms with E-state index in [4.69, 9.17) is 67.2 Å². The van der Waals surface area contributed by atoms with Crippen LogP contribution in [0.15, 0.2) is 64.2 Å². The van der Waals surface area contributed by atoms with Crippen LogP contribution in [-0.4, -0.2) is 113 Å². The SMILES string of the molecule is CC(C)[C@H](N)C(=O)NCCC(=O)OC[C@H](COc1ccc(-c2c(C#N)c(N)nc(SCc3coc(-c4ccc(Cl)cc4)n3)c2C#N)cc1)OC(=O)CCNC(=O)[C@@H](N)C(C)C.O=C(O)C(F)(F)F.O=C(O)C(F)(F)F. The highest BCUT2D eigenvalue weighted by molar-refractivity contribution is 7.98. The van der Waals surface area contributed by atoms with E-state index in [9.17, 15) is 56.0 Å². The first-order chi connectivity index (χ1) is 35.0. The molecule has 2 amide bonds. The van der Waals surface area contributed by atoms with E-state index in [1.807, 2.05) is 0 Å². The maximum Gasteiger partial charge on any atom is 0.490 e. The van der Waals surface area contributed by atoms with Crippen LogP contribution in [0.25, 0.3) is 22.6 Å². The molecule has 3 atom stereocenters. The van der Waals surface area contributed by atoms with Crippen molar-refractivity contribution in [2.75, 3.05) is 32.0 Å². The molecule has 10 N–H and O–H groups in total. The summed E-state index contributed by atoms with van der Waals surface area (Å²) in [5.41, 5.74) is 20.2. The molecule has 75 heavy (non-hydrogen) atoms. The fourth-order valence-corrected chi connectivity index (χ4v) is 6.37. The zero-order chi connectivity index (χ0) is 56.8. The lowest BCUT2D eigenvalue weighted by molar-refractivity contribution is -0.193. The summed E-state index contributed by atoms with van der Waals surface area (Å²) in [6.45, 7) is 6.52. The largest absolute Gasteiger partial charge is 0.490 e. The van der Waals surface area contributed by atoms with Gasteiger partial charge in [-0.1, -0.05) is 63.2 Å². The van der Waals surface area contributed by atoms with Crippen molar-refractivity contribution in [3.05, 3.63) is 76.6 Å². The van der Waals surface area contributed by atoms with E-state index in [0.29, 0.717) is 27.9 Å². The zero-order valence-electron chi connectivity index (χ0n) is 40.1. The van der Waals surface area contributed by atoms with Crippen LogP contribution in [0.2, 0.25) is 5.02 Å². The predicted molar refractivity (Wildman–Crippen MR) is 255 cm³/mol. The molecule has 0 fully saturated rings. The Hall–Kier alpha value is -7.66. The molecule has 0 aliphatic rings. The van der Waals surface area contributed by atoms with E-state index in [1.54, 1.807) is 76.2 Å². The topological polar surface area (TPSA) is 359 Å². The van der Waals surface area contributed by atoms with E-state index in [1.165, 1.54) is 18.0 Å². The summed E-state index contributed by atoms with van der Waals surface area (Å²) in [6, 6.07) is 16.2. The second-order valence-corrected chi connectivity index (χ2v) is 17.3. The Balaban J connectivity index is 0.00000120. The molecule has 4 rings (SSSR count). The van der Waals surface area contributed by atoms with Gasteiger partial charge in [-0.2, -0.15) is 36.9 Å². The summed E-state index contributed by atoms with van der Waals surface area (Å²) in [4.78, 5) is 76.4. The average molecular weight is 1100 g/mol. The number of nitrogens with one attached hydrogen (secondary N) is 2. The van der Waals surface area contributed by atoms with Gasteiger partial charge in [-0.3, -0.25) is 19.2 Å². The van der Waals surface area contributed by atoms with Gasteiger partial charge in [0.2, 0.25) is 17.7 Å². The molecule has 0 spiro atoms. The summed E-state index contributed by atoms with van der Waals surface area (Å²) < 4.78 is 85.9. The Morgan fingerprint density at radius 3 is 1.71 bits per heavy atom. The lowest BCUT2D eigenvalue weighted by Gasteiger charge is -2.20. The van der Waals surface area contributed by atoms with Crippen LogP contribution in [0.3, 0.4) is 0 Å². The Labute approximate surface area is 433 Å². The predicted octanol–water partition coefficient (Wildman–Crippen LogP) is 5.75. The number of carbonyl (C=O) groups excluding carboxylic acids is 4. The first-order valence-electron chi connectivity index (χ1n) is 21.7. The number of esters is 2. The second-order valence-electron chi connectivity index (χ2n) is 15.9. The maximum atomic E-state index is 12.8. The minimum atomic E-state index is -5.08. The van der Waals surface area contributed by atoms with Crippen LogP contribution >= 0.6 is 23.4 Å². The molecule has 0 saturated heterocycles. The van der Waals surface area contributed by atoms with Crippen molar-refractivity contribution < 1.29 is 84.0 Å². The van der Waals surface area contributed by atoms with Gasteiger partial charge in [0.25, 0.3) is 0 Å². The number of thioether (sulfide) groups is 1. The van der Waals surface area contributed by atoms with Gasteiger partial charge in [-0.05, 0) is 53.8 Å². The van der Waals surface area contributed by atoms with Gasteiger partial charge in [-0.25, -0.2) is 19.6 Å². The normalized spacial score (nSPS) is 12.2. The molecule has 0 unspecified atom stereocenters. The van der Waals surface area contributed by atoms with Crippen molar-refractivity contribution in [1.82, 2.24) is 20.6 Å². The van der Waals surface area contributed by atoms with Gasteiger partial charge in [0, 0.05) is 35.0 Å². The maximum absolute atomic E-state index is 12.8. The third-order valence-electron chi connectivity index (χ3n) is 9.51. The first-order valence-corrected chi connectivity index (χ1v) is 23.1. The minimum absolute atomic E-state index is 0.0124. The fourth-order valence-electron chi connectivity index (χ4n) is 5.37. The standard InChI is InChI=1S/C42H48ClN9O8S.2C2HF3O2/c1-23(2)36(46)39(55)49-15-13-33(53)58-21-30(60-34(54)14-16-50-40(56)37(47)24(3)4)20-57-29-11-7-25(8-12-29)35-31(17-44)38(48)52-42(32(35)18-45)61-22-28-19-59-41(51-28)26-5-9-27(43)10-6-26;2*3-2(4,5)1(6)7/h5-12,19,23-24,30,36-37H,13-16,20-22,46-47H2,1-4H3,(H2,48,52)(H,49,55)(H,50,56);2*(H,6,7)/t30-,36-,37-;;/m0../s1. The molecule has 21 nitrogen and oxygen atoms in total. The molecule has 0 aliphatic carbocycles. The smallest absolute Gasteiger partial charge is 0.490 e. The monoisotopic (exact) mass is 1100 g/mol. The summed E-state index contributed by atoms with van der Waals surface area (Å²) in [6.07, 6.45) is -10.1. The van der Waals surface area contributed by atoms with Gasteiger partial charge >= 0.3 is 36.2 Å². The molecular formula is C46H50ClF6N9O12S. The van der Waals surface area contributed by atoms with Gasteiger partial charge < -0.3 is 56.7 Å². The highest BCUT2D eigenvalue weighted by Crippen LogP contribution is 2.37. The summed E-state index contributed by atoms with van der Waals surface area (Å²) in [7, 11) is 0. The number of aromatic nitrogens is 2. The lowest BCUT2D eigenvalue weighted by Crippen LogP contribution is -2.44. The third-order valence-corrected chi connectivity index (χ3v) is 10.8. The van der Waals surface area contributed by atoms with Crippen LogP contribution < -0.4 is 32.6 Å². The van der Waals surface area contributed by atoms with Crippen LogP contribution in [0.4, 0.5) is 32.2 Å². The number of ether oxygens (including phenoxy) is 3. The van der Waals surface area contributed by atoms with Gasteiger partial charge in [0.1, 0.15) is 53.8 Å². The average Bonchev–Trinajstić information content (AvgIpc) is 3.82. The van der Waals surface area contributed by atoms with E-state index >= 15 is 0 Å². The number of oxazole rings is 1. The lowest BCUT2D eigenvalue weighted by atomic mass is 9.97. The summed E-state index contributed by atoms with van der Waals surface area (Å²) in [5, 5.41) is 40.6. The van der Waals surface area contributed by atoms with Crippen LogP contribution in [0.5, 0.6) is 5.75 Å². The number of nitriles is 2. The minimum Gasteiger partial charge on any atom is -0.490 e. The van der Waals surface area contributed by atoms with Gasteiger partial charge in [0.15, 0.2) is 6.10 Å². The number of hydrogen-bond acceptors (Lipinski definition) is 18. The number of carboxylic acids is 2. The van der Waals surface area contributed by atoms with Gasteiger partial charge in [-0.15, -0.1) is 0 Å².